The van der Waals surface area contributed by atoms with E-state index >= 15 is 0 Å². The molecule has 148 valence electrons. The molecule has 29 heavy (non-hydrogen) atoms. The summed E-state index contributed by atoms with van der Waals surface area (Å²) in [6, 6.07) is 20.0. The lowest BCUT2D eigenvalue weighted by atomic mass is 10.2. The molecule has 6 heteroatoms. The summed E-state index contributed by atoms with van der Waals surface area (Å²) in [6.45, 7) is 4.99. The number of benzene rings is 2. The van der Waals surface area contributed by atoms with Crippen LogP contribution in [0, 0.1) is 0 Å². The summed E-state index contributed by atoms with van der Waals surface area (Å²) in [5, 5.41) is 1.88. The molecule has 0 amide bonds. The maximum absolute atomic E-state index is 12.2. The van der Waals surface area contributed by atoms with Gasteiger partial charge in [0, 0.05) is 30.7 Å². The Morgan fingerprint density at radius 2 is 1.83 bits per heavy atom. The van der Waals surface area contributed by atoms with Crippen LogP contribution in [0.2, 0.25) is 0 Å². The van der Waals surface area contributed by atoms with Gasteiger partial charge in [-0.3, -0.25) is 14.1 Å². The fourth-order valence-electron chi connectivity index (χ4n) is 3.17. The molecule has 0 radical (unpaired) electrons. The van der Waals surface area contributed by atoms with Crippen LogP contribution in [0.25, 0.3) is 4.96 Å². The molecule has 0 fully saturated rings. The second-order valence-electron chi connectivity index (χ2n) is 6.86. The standard InChI is InChI=1S/C23H23N3O2S/c1-2-25(16-20-14-22(27)26-12-13-29-23(26)24-20)15-18-8-10-21(11-9-18)28-17-19-6-4-3-5-7-19/h3-14H,2,15-17H2,1H3. The van der Waals surface area contributed by atoms with E-state index in [0.717, 1.165) is 35.1 Å². The normalized spacial score (nSPS) is 11.2. The molecule has 4 aromatic rings. The summed E-state index contributed by atoms with van der Waals surface area (Å²) in [4.78, 5) is 19.8. The second kappa shape index (κ2) is 9.03. The van der Waals surface area contributed by atoms with Crippen LogP contribution < -0.4 is 10.3 Å². The molecule has 0 spiro atoms. The molecule has 2 heterocycles. The summed E-state index contributed by atoms with van der Waals surface area (Å²) < 4.78 is 7.44. The third kappa shape index (κ3) is 4.91. The van der Waals surface area contributed by atoms with Gasteiger partial charge >= 0.3 is 0 Å². The molecule has 0 bridgehead atoms. The first kappa shape index (κ1) is 19.4. The van der Waals surface area contributed by atoms with Gasteiger partial charge in [0.15, 0.2) is 4.96 Å². The average Bonchev–Trinajstić information content (AvgIpc) is 3.23. The number of ether oxygens (including phenoxy) is 1. The number of fused-ring (bicyclic) bond motifs is 1. The molecule has 0 saturated heterocycles. The van der Waals surface area contributed by atoms with E-state index in [1.807, 2.05) is 35.7 Å². The third-order valence-corrected chi connectivity index (χ3v) is 5.52. The smallest absolute Gasteiger partial charge is 0.258 e. The third-order valence-electron chi connectivity index (χ3n) is 4.77. The minimum atomic E-state index is -0.0257. The zero-order valence-electron chi connectivity index (χ0n) is 16.3. The Hall–Kier alpha value is -2.96. The van der Waals surface area contributed by atoms with Crippen molar-refractivity contribution in [2.24, 2.45) is 0 Å². The van der Waals surface area contributed by atoms with Crippen molar-refractivity contribution in [2.75, 3.05) is 6.54 Å². The van der Waals surface area contributed by atoms with Gasteiger partial charge in [-0.25, -0.2) is 4.98 Å². The second-order valence-corrected chi connectivity index (χ2v) is 7.74. The zero-order chi connectivity index (χ0) is 20.1. The molecule has 2 aromatic heterocycles. The molecule has 0 aliphatic heterocycles. The summed E-state index contributed by atoms with van der Waals surface area (Å²) in [6.07, 6.45) is 1.76. The molecule has 5 nitrogen and oxygen atoms in total. The van der Waals surface area contributed by atoms with Crippen molar-refractivity contribution in [2.45, 2.75) is 26.6 Å². The molecular formula is C23H23N3O2S. The molecule has 0 aliphatic carbocycles. The van der Waals surface area contributed by atoms with Crippen molar-refractivity contribution in [3.8, 4) is 5.75 Å². The summed E-state index contributed by atoms with van der Waals surface area (Å²) in [7, 11) is 0. The first-order chi connectivity index (χ1) is 14.2. The fourth-order valence-corrected chi connectivity index (χ4v) is 3.91. The van der Waals surface area contributed by atoms with Crippen LogP contribution in [0.15, 0.2) is 77.0 Å². The zero-order valence-corrected chi connectivity index (χ0v) is 17.1. The van der Waals surface area contributed by atoms with Crippen molar-refractivity contribution in [1.82, 2.24) is 14.3 Å². The lowest BCUT2D eigenvalue weighted by Gasteiger charge is -2.20. The van der Waals surface area contributed by atoms with Gasteiger partial charge in [-0.2, -0.15) is 0 Å². The van der Waals surface area contributed by atoms with E-state index < -0.39 is 0 Å². The topological polar surface area (TPSA) is 46.8 Å². The van der Waals surface area contributed by atoms with Crippen molar-refractivity contribution in [1.29, 1.82) is 0 Å². The van der Waals surface area contributed by atoms with E-state index in [1.165, 1.54) is 16.9 Å². The predicted octanol–water partition coefficient (Wildman–Crippen LogP) is 4.36. The molecule has 0 N–H and O–H groups in total. The number of rotatable bonds is 8. The Kier molecular flexibility index (Phi) is 6.03. The van der Waals surface area contributed by atoms with Crippen molar-refractivity contribution in [3.63, 3.8) is 0 Å². The van der Waals surface area contributed by atoms with Crippen molar-refractivity contribution in [3.05, 3.63) is 99.4 Å². The maximum Gasteiger partial charge on any atom is 0.258 e. The minimum absolute atomic E-state index is 0.0257. The summed E-state index contributed by atoms with van der Waals surface area (Å²) in [5.41, 5.74) is 3.14. The highest BCUT2D eigenvalue weighted by Gasteiger charge is 2.09. The van der Waals surface area contributed by atoms with Crippen LogP contribution in [0.4, 0.5) is 0 Å². The largest absolute Gasteiger partial charge is 0.489 e. The lowest BCUT2D eigenvalue weighted by Crippen LogP contribution is -2.24. The van der Waals surface area contributed by atoms with Crippen molar-refractivity contribution >= 4 is 16.3 Å². The van der Waals surface area contributed by atoms with Gasteiger partial charge in [0.2, 0.25) is 0 Å². The van der Waals surface area contributed by atoms with E-state index in [0.29, 0.717) is 13.2 Å². The molecule has 0 aliphatic rings. The van der Waals surface area contributed by atoms with Crippen LogP contribution >= 0.6 is 11.3 Å². The highest BCUT2D eigenvalue weighted by atomic mass is 32.1. The number of hydrogen-bond acceptors (Lipinski definition) is 5. The van der Waals surface area contributed by atoms with Crippen LogP contribution in [0.3, 0.4) is 0 Å². The van der Waals surface area contributed by atoms with Gasteiger partial charge < -0.3 is 4.74 Å². The molecule has 0 saturated carbocycles. The number of thiazole rings is 1. The van der Waals surface area contributed by atoms with E-state index in [-0.39, 0.29) is 5.56 Å². The van der Waals surface area contributed by atoms with Gasteiger partial charge in [0.1, 0.15) is 12.4 Å². The molecule has 0 unspecified atom stereocenters. The van der Waals surface area contributed by atoms with Crippen LogP contribution in [0.5, 0.6) is 5.75 Å². The summed E-state index contributed by atoms with van der Waals surface area (Å²) >= 11 is 1.48. The van der Waals surface area contributed by atoms with Gasteiger partial charge in [0.25, 0.3) is 5.56 Å². The number of aromatic nitrogens is 2. The Morgan fingerprint density at radius 1 is 1.03 bits per heavy atom. The van der Waals surface area contributed by atoms with E-state index in [2.05, 4.69) is 41.1 Å². The van der Waals surface area contributed by atoms with E-state index in [1.54, 1.807) is 16.7 Å². The highest BCUT2D eigenvalue weighted by Crippen LogP contribution is 2.16. The molecule has 2 aromatic carbocycles. The van der Waals surface area contributed by atoms with E-state index in [4.69, 9.17) is 4.74 Å². The summed E-state index contributed by atoms with van der Waals surface area (Å²) in [5.74, 6) is 0.860. The lowest BCUT2D eigenvalue weighted by molar-refractivity contribution is 0.267. The molecule has 0 atom stereocenters. The van der Waals surface area contributed by atoms with Gasteiger partial charge in [0.05, 0.1) is 5.69 Å². The predicted molar refractivity (Wildman–Crippen MR) is 116 cm³/mol. The Balaban J connectivity index is 1.38. The first-order valence-electron chi connectivity index (χ1n) is 9.65. The first-order valence-corrected chi connectivity index (χ1v) is 10.5. The highest BCUT2D eigenvalue weighted by molar-refractivity contribution is 7.15. The number of hydrogen-bond donors (Lipinski definition) is 0. The SMILES string of the molecule is CCN(Cc1ccc(OCc2ccccc2)cc1)Cc1cc(=O)n2ccsc2n1. The van der Waals surface area contributed by atoms with Gasteiger partial charge in [-0.05, 0) is 29.8 Å². The fraction of sp³-hybridized carbons (Fsp3) is 0.217. The maximum atomic E-state index is 12.2. The Morgan fingerprint density at radius 3 is 2.59 bits per heavy atom. The molecular weight excluding hydrogens is 382 g/mol. The van der Waals surface area contributed by atoms with Crippen LogP contribution in [-0.4, -0.2) is 20.8 Å². The Labute approximate surface area is 173 Å². The monoisotopic (exact) mass is 405 g/mol. The minimum Gasteiger partial charge on any atom is -0.489 e. The van der Waals surface area contributed by atoms with E-state index in [9.17, 15) is 4.79 Å². The van der Waals surface area contributed by atoms with Crippen LogP contribution in [0.1, 0.15) is 23.7 Å². The van der Waals surface area contributed by atoms with Crippen LogP contribution in [-0.2, 0) is 19.7 Å². The van der Waals surface area contributed by atoms with Crippen molar-refractivity contribution < 1.29 is 4.74 Å². The van der Waals surface area contributed by atoms with Gasteiger partial charge in [-0.15, -0.1) is 11.3 Å². The quantitative estimate of drug-likeness (QED) is 0.437. The molecule has 4 rings (SSSR count). The Bertz CT molecular complexity index is 1120. The average molecular weight is 406 g/mol. The number of nitrogens with zero attached hydrogens (tertiary/aromatic N) is 3. The van der Waals surface area contributed by atoms with Gasteiger partial charge in [-0.1, -0.05) is 49.4 Å².